The Hall–Kier alpha value is -1.03. The molecule has 0 N–H and O–H groups in total. The summed E-state index contributed by atoms with van der Waals surface area (Å²) in [4.78, 5) is 0.246. The lowest BCUT2D eigenvalue weighted by atomic mass is 10.4. The maximum absolute atomic E-state index is 12.5. The summed E-state index contributed by atoms with van der Waals surface area (Å²) < 4.78 is 30.1. The quantitative estimate of drug-likeness (QED) is 0.647. The molecule has 2 aromatic rings. The van der Waals surface area contributed by atoms with Gasteiger partial charge < -0.3 is 0 Å². The normalized spacial score (nSPS) is 12.4. The Morgan fingerprint density at radius 3 is 2.27 bits per heavy atom. The van der Waals surface area contributed by atoms with Crippen molar-refractivity contribution in [2.45, 2.75) is 24.7 Å². The third-order valence-electron chi connectivity index (χ3n) is 3.10. The van der Waals surface area contributed by atoms with Gasteiger partial charge in [0.1, 0.15) is 6.16 Å². The molecule has 22 heavy (non-hydrogen) atoms. The molecule has 0 radical (unpaired) electrons. The van der Waals surface area contributed by atoms with Crippen molar-refractivity contribution in [1.82, 2.24) is 0 Å². The fourth-order valence-corrected chi connectivity index (χ4v) is 6.16. The summed E-state index contributed by atoms with van der Waals surface area (Å²) in [5.74, 6) is 0. The van der Waals surface area contributed by atoms with Crippen molar-refractivity contribution in [3.63, 3.8) is 0 Å². The number of benzene rings is 2. The van der Waals surface area contributed by atoms with E-state index in [1.54, 1.807) is 24.3 Å². The molecule has 3 nitrogen and oxygen atoms in total. The molecule has 1 atom stereocenters. The summed E-state index contributed by atoms with van der Waals surface area (Å²) in [7, 11) is -4.68. The Kier molecular flexibility index (Phi) is 6.30. The Morgan fingerprint density at radius 1 is 1.05 bits per heavy atom. The van der Waals surface area contributed by atoms with Crippen molar-refractivity contribution in [2.24, 2.45) is 4.15 Å². The number of rotatable bonds is 6. The molecule has 0 aliphatic rings. The molecule has 0 aliphatic heterocycles. The number of nitrogens with zero attached hydrogens (tertiary/aromatic N) is 1. The molecule has 0 heterocycles. The standard InChI is InChI=1S/C16H18BrNO2PS/c1-2-3-13-21(15-7-5-4-6-8-15)18-22(19,20)16-11-9-14(17)10-12-16/h4-12H,2-3,13H2,1H3/q+1. The monoisotopic (exact) mass is 398 g/mol. The summed E-state index contributed by atoms with van der Waals surface area (Å²) >= 11 is 3.31. The summed E-state index contributed by atoms with van der Waals surface area (Å²) in [6.07, 6.45) is 2.80. The van der Waals surface area contributed by atoms with Crippen LogP contribution in [0.5, 0.6) is 0 Å². The molecule has 1 unspecified atom stereocenters. The first-order chi connectivity index (χ1) is 10.5. The lowest BCUT2D eigenvalue weighted by molar-refractivity contribution is 0.598. The first kappa shape index (κ1) is 17.3. The van der Waals surface area contributed by atoms with E-state index in [9.17, 15) is 8.42 Å². The van der Waals surface area contributed by atoms with Gasteiger partial charge in [0.05, 0.1) is 4.90 Å². The van der Waals surface area contributed by atoms with Crippen LogP contribution < -0.4 is 5.30 Å². The van der Waals surface area contributed by atoms with Crippen molar-refractivity contribution in [1.29, 1.82) is 0 Å². The highest BCUT2D eigenvalue weighted by Crippen LogP contribution is 2.31. The fraction of sp³-hybridized carbons (Fsp3) is 0.250. The zero-order valence-corrected chi connectivity index (χ0v) is 15.6. The predicted octanol–water partition coefficient (Wildman–Crippen LogP) is 4.93. The summed E-state index contributed by atoms with van der Waals surface area (Å²) in [6.45, 7) is 2.10. The van der Waals surface area contributed by atoms with E-state index in [0.29, 0.717) is 0 Å². The van der Waals surface area contributed by atoms with E-state index in [0.717, 1.165) is 28.8 Å². The van der Waals surface area contributed by atoms with E-state index in [1.165, 1.54) is 0 Å². The van der Waals surface area contributed by atoms with Crippen LogP contribution in [0.2, 0.25) is 0 Å². The van der Waals surface area contributed by atoms with E-state index < -0.39 is 17.7 Å². The molecule has 6 heteroatoms. The lowest BCUT2D eigenvalue weighted by Gasteiger charge is -1.98. The van der Waals surface area contributed by atoms with E-state index in [4.69, 9.17) is 0 Å². The van der Waals surface area contributed by atoms with Crippen LogP contribution in [0.25, 0.3) is 0 Å². The van der Waals surface area contributed by atoms with Gasteiger partial charge in [0.15, 0.2) is 5.30 Å². The Labute approximate surface area is 141 Å². The van der Waals surface area contributed by atoms with Crippen LogP contribution in [0.3, 0.4) is 0 Å². The molecule has 2 aromatic carbocycles. The average molecular weight is 399 g/mol. The molecule has 0 spiro atoms. The minimum absolute atomic E-state index is 0.246. The van der Waals surface area contributed by atoms with Gasteiger partial charge in [-0.3, -0.25) is 0 Å². The number of unbranched alkanes of at least 4 members (excludes halogenated alkanes) is 1. The average Bonchev–Trinajstić information content (AvgIpc) is 2.52. The van der Waals surface area contributed by atoms with Gasteiger partial charge in [-0.25, -0.2) is 0 Å². The van der Waals surface area contributed by atoms with Gasteiger partial charge in [-0.15, -0.1) is 0 Å². The fourth-order valence-electron chi connectivity index (χ4n) is 1.91. The molecule has 2 rings (SSSR count). The molecule has 0 amide bonds. The van der Waals surface area contributed by atoms with Crippen LogP contribution in [0.1, 0.15) is 19.8 Å². The van der Waals surface area contributed by atoms with Crippen LogP contribution in [0.4, 0.5) is 0 Å². The van der Waals surface area contributed by atoms with E-state index in [2.05, 4.69) is 27.0 Å². The van der Waals surface area contributed by atoms with Gasteiger partial charge in [-0.1, -0.05) is 47.5 Å². The molecule has 0 saturated carbocycles. The van der Waals surface area contributed by atoms with Gasteiger partial charge in [0.25, 0.3) is 7.71 Å². The van der Waals surface area contributed by atoms with Crippen molar-refractivity contribution in [2.75, 3.05) is 6.16 Å². The Bertz CT molecular complexity index is 743. The summed E-state index contributed by atoms with van der Waals surface area (Å²) in [6, 6.07) is 16.3. The maximum atomic E-state index is 12.5. The van der Waals surface area contributed by atoms with Crippen LogP contribution in [0, 0.1) is 0 Å². The number of hydrogen-bond acceptors (Lipinski definition) is 2. The molecule has 0 fully saturated rings. The first-order valence-electron chi connectivity index (χ1n) is 7.09. The van der Waals surface area contributed by atoms with Crippen molar-refractivity contribution >= 4 is 39.0 Å². The zero-order chi connectivity index (χ0) is 16.0. The number of hydrogen-bond donors (Lipinski definition) is 0. The molecule has 0 aliphatic carbocycles. The van der Waals surface area contributed by atoms with Gasteiger partial charge >= 0.3 is 10.0 Å². The SMILES string of the molecule is CCCC[P+](=NS(=O)(=O)c1ccc(Br)cc1)c1ccccc1. The molecular formula is C16H18BrNO2PS+. The van der Waals surface area contributed by atoms with Crippen LogP contribution in [-0.2, 0) is 10.0 Å². The molecule has 0 saturated heterocycles. The maximum Gasteiger partial charge on any atom is 0.317 e. The lowest BCUT2D eigenvalue weighted by Crippen LogP contribution is -2.01. The highest BCUT2D eigenvalue weighted by atomic mass is 79.9. The second kappa shape index (κ2) is 8.00. The predicted molar refractivity (Wildman–Crippen MR) is 96.5 cm³/mol. The highest BCUT2D eigenvalue weighted by molar-refractivity contribution is 9.10. The summed E-state index contributed by atoms with van der Waals surface area (Å²) in [5.41, 5.74) is 0. The van der Waals surface area contributed by atoms with Gasteiger partial charge in [0.2, 0.25) is 0 Å². The molecule has 116 valence electrons. The van der Waals surface area contributed by atoms with Gasteiger partial charge in [0, 0.05) is 8.62 Å². The van der Waals surface area contributed by atoms with Crippen LogP contribution in [-0.4, -0.2) is 14.6 Å². The second-order valence-electron chi connectivity index (χ2n) is 4.82. The second-order valence-corrected chi connectivity index (χ2v) is 9.58. The highest BCUT2D eigenvalue weighted by Gasteiger charge is 2.24. The van der Waals surface area contributed by atoms with E-state index in [1.807, 2.05) is 30.3 Å². The number of sulfonamides is 1. The molecule has 0 bridgehead atoms. The van der Waals surface area contributed by atoms with Crippen molar-refractivity contribution in [3.05, 3.63) is 59.1 Å². The number of halogens is 1. The van der Waals surface area contributed by atoms with Crippen molar-refractivity contribution < 1.29 is 8.42 Å². The van der Waals surface area contributed by atoms with Crippen LogP contribution in [0.15, 0.2) is 68.1 Å². The van der Waals surface area contributed by atoms with E-state index in [-0.39, 0.29) is 4.90 Å². The van der Waals surface area contributed by atoms with Crippen molar-refractivity contribution in [3.8, 4) is 0 Å². The zero-order valence-electron chi connectivity index (χ0n) is 12.3. The Balaban J connectivity index is 2.41. The minimum atomic E-state index is -3.62. The minimum Gasteiger partial charge on any atom is -0.196 e. The van der Waals surface area contributed by atoms with E-state index >= 15 is 0 Å². The van der Waals surface area contributed by atoms with Crippen LogP contribution >= 0.6 is 23.6 Å². The first-order valence-corrected chi connectivity index (χ1v) is 10.8. The molecule has 0 aromatic heterocycles. The Morgan fingerprint density at radius 2 is 1.68 bits per heavy atom. The largest absolute Gasteiger partial charge is 0.317 e. The third kappa shape index (κ3) is 4.73. The topological polar surface area (TPSA) is 46.5 Å². The molecular weight excluding hydrogens is 381 g/mol. The van der Waals surface area contributed by atoms with Gasteiger partial charge in [-0.2, -0.15) is 8.42 Å². The third-order valence-corrected chi connectivity index (χ3v) is 7.77. The smallest absolute Gasteiger partial charge is 0.196 e. The summed E-state index contributed by atoms with van der Waals surface area (Å²) in [5, 5.41) is 1.01. The van der Waals surface area contributed by atoms with Gasteiger partial charge in [-0.05, 0) is 42.8 Å².